The van der Waals surface area contributed by atoms with Crippen LogP contribution in [0.5, 0.6) is 0 Å². The van der Waals surface area contributed by atoms with Crippen molar-refractivity contribution in [1.29, 1.82) is 0 Å². The van der Waals surface area contributed by atoms with E-state index in [1.807, 2.05) is 45.2 Å². The largest absolute Gasteiger partial charge is 0.443 e. The molecule has 1 aliphatic heterocycles. The van der Waals surface area contributed by atoms with Gasteiger partial charge >= 0.3 is 6.09 Å². The maximum Gasteiger partial charge on any atom is 0.417 e. The Bertz CT molecular complexity index is 1010. The topological polar surface area (TPSA) is 49.9 Å². The molecule has 182 valence electrons. The van der Waals surface area contributed by atoms with E-state index in [0.717, 1.165) is 16.7 Å². The SMILES string of the molecule is CC(C)N(C=C1C[C@@H](Cc2ccc(-c3ccccc3)cc2)N(C(=O)OC(C)(C)C)C1=O)C(C)C. The van der Waals surface area contributed by atoms with E-state index in [0.29, 0.717) is 18.4 Å². The molecule has 0 aliphatic carbocycles. The molecule has 34 heavy (non-hydrogen) atoms. The van der Waals surface area contributed by atoms with Gasteiger partial charge in [-0.1, -0.05) is 54.6 Å². The van der Waals surface area contributed by atoms with E-state index < -0.39 is 11.7 Å². The molecule has 1 saturated heterocycles. The summed E-state index contributed by atoms with van der Waals surface area (Å²) in [5, 5.41) is 0. The number of amides is 2. The summed E-state index contributed by atoms with van der Waals surface area (Å²) in [6.07, 6.45) is 2.45. The third-order valence-electron chi connectivity index (χ3n) is 5.93. The summed E-state index contributed by atoms with van der Waals surface area (Å²) >= 11 is 0. The highest BCUT2D eigenvalue weighted by molar-refractivity contribution is 6.05. The van der Waals surface area contributed by atoms with Gasteiger partial charge in [-0.25, -0.2) is 9.69 Å². The molecule has 0 N–H and O–H groups in total. The van der Waals surface area contributed by atoms with Crippen molar-refractivity contribution in [3.63, 3.8) is 0 Å². The van der Waals surface area contributed by atoms with Crippen molar-refractivity contribution in [3.8, 4) is 11.1 Å². The number of ether oxygens (including phenoxy) is 1. The van der Waals surface area contributed by atoms with Crippen LogP contribution in [0.15, 0.2) is 66.4 Å². The maximum absolute atomic E-state index is 13.4. The van der Waals surface area contributed by atoms with E-state index in [1.54, 1.807) is 0 Å². The van der Waals surface area contributed by atoms with Gasteiger partial charge in [0.2, 0.25) is 0 Å². The lowest BCUT2D eigenvalue weighted by Gasteiger charge is -2.29. The third kappa shape index (κ3) is 6.28. The molecule has 1 heterocycles. The molecule has 2 amide bonds. The number of hydrogen-bond donors (Lipinski definition) is 0. The molecule has 0 aromatic heterocycles. The van der Waals surface area contributed by atoms with Gasteiger partial charge in [0.1, 0.15) is 5.60 Å². The van der Waals surface area contributed by atoms with Crippen LogP contribution in [0.1, 0.15) is 60.5 Å². The van der Waals surface area contributed by atoms with Gasteiger partial charge in [0, 0.05) is 30.3 Å². The van der Waals surface area contributed by atoms with Crippen LogP contribution in [-0.4, -0.2) is 45.5 Å². The van der Waals surface area contributed by atoms with Gasteiger partial charge in [-0.3, -0.25) is 4.79 Å². The van der Waals surface area contributed by atoms with E-state index in [-0.39, 0.29) is 24.0 Å². The maximum atomic E-state index is 13.4. The second-order valence-electron chi connectivity index (χ2n) is 10.6. The molecular formula is C29H38N2O3. The van der Waals surface area contributed by atoms with Gasteiger partial charge in [0.05, 0.1) is 6.04 Å². The van der Waals surface area contributed by atoms with Crippen molar-refractivity contribution in [2.24, 2.45) is 0 Å². The number of benzene rings is 2. The van der Waals surface area contributed by atoms with Crippen LogP contribution in [0.25, 0.3) is 11.1 Å². The fourth-order valence-electron chi connectivity index (χ4n) is 4.38. The average Bonchev–Trinajstić information content (AvgIpc) is 3.06. The fourth-order valence-corrected chi connectivity index (χ4v) is 4.38. The minimum atomic E-state index is -0.673. The molecule has 3 rings (SSSR count). The minimum Gasteiger partial charge on any atom is -0.443 e. The van der Waals surface area contributed by atoms with Crippen LogP contribution in [0.3, 0.4) is 0 Å². The first-order chi connectivity index (χ1) is 16.0. The number of carbonyl (C=O) groups is 2. The Morgan fingerprint density at radius 3 is 2.09 bits per heavy atom. The van der Waals surface area contributed by atoms with Gasteiger partial charge in [-0.15, -0.1) is 0 Å². The molecule has 1 aliphatic rings. The van der Waals surface area contributed by atoms with Crippen LogP contribution in [0, 0.1) is 0 Å². The Labute approximate surface area is 204 Å². The van der Waals surface area contributed by atoms with Crippen molar-refractivity contribution < 1.29 is 14.3 Å². The highest BCUT2D eigenvalue weighted by Gasteiger charge is 2.42. The molecule has 0 radical (unpaired) electrons. The quantitative estimate of drug-likeness (QED) is 0.464. The monoisotopic (exact) mass is 462 g/mol. The molecule has 0 bridgehead atoms. The number of carbonyl (C=O) groups excluding carboxylic acids is 2. The number of likely N-dealkylation sites (tertiary alicyclic amines) is 1. The molecule has 1 atom stereocenters. The van der Waals surface area contributed by atoms with Gasteiger partial charge in [-0.05, 0) is 71.6 Å². The zero-order chi connectivity index (χ0) is 25.0. The Hall–Kier alpha value is -3.08. The van der Waals surface area contributed by atoms with Crippen LogP contribution in [-0.2, 0) is 16.0 Å². The second-order valence-corrected chi connectivity index (χ2v) is 10.6. The number of hydrogen-bond acceptors (Lipinski definition) is 4. The highest BCUT2D eigenvalue weighted by atomic mass is 16.6. The van der Waals surface area contributed by atoms with E-state index >= 15 is 0 Å². The van der Waals surface area contributed by atoms with Gasteiger partial charge < -0.3 is 9.64 Å². The standard InChI is InChI=1S/C29H38N2O3/c1-20(2)30(21(3)4)19-25-18-26(31(27(25)32)28(33)34-29(5,6)7)17-22-13-15-24(16-14-22)23-11-9-8-10-12-23/h8-16,19-21,26H,17-18H2,1-7H3/t26-/m1/s1. The van der Waals surface area contributed by atoms with Gasteiger partial charge in [0.15, 0.2) is 0 Å². The molecule has 0 spiro atoms. The van der Waals surface area contributed by atoms with Crippen molar-refractivity contribution in [3.05, 3.63) is 71.9 Å². The Kier molecular flexibility index (Phi) is 7.86. The average molecular weight is 463 g/mol. The number of imide groups is 1. The molecule has 2 aromatic carbocycles. The van der Waals surface area contributed by atoms with Crippen molar-refractivity contribution >= 4 is 12.0 Å². The van der Waals surface area contributed by atoms with E-state index in [1.165, 1.54) is 4.90 Å². The number of nitrogens with zero attached hydrogens (tertiary/aromatic N) is 2. The minimum absolute atomic E-state index is 0.250. The van der Waals surface area contributed by atoms with Crippen molar-refractivity contribution in [2.45, 2.75) is 85.0 Å². The Morgan fingerprint density at radius 2 is 1.56 bits per heavy atom. The van der Waals surface area contributed by atoms with Crippen LogP contribution in [0.4, 0.5) is 4.79 Å². The normalized spacial score (nSPS) is 17.7. The zero-order valence-electron chi connectivity index (χ0n) is 21.5. The summed E-state index contributed by atoms with van der Waals surface area (Å²) in [4.78, 5) is 29.9. The molecule has 5 heteroatoms. The van der Waals surface area contributed by atoms with E-state index in [2.05, 4.69) is 69.0 Å². The molecular weight excluding hydrogens is 424 g/mol. The van der Waals surface area contributed by atoms with Crippen LogP contribution < -0.4 is 0 Å². The lowest BCUT2D eigenvalue weighted by molar-refractivity contribution is -0.125. The summed E-state index contributed by atoms with van der Waals surface area (Å²) in [6.45, 7) is 13.9. The lowest BCUT2D eigenvalue weighted by Crippen LogP contribution is -2.43. The Balaban J connectivity index is 1.87. The van der Waals surface area contributed by atoms with Crippen molar-refractivity contribution in [2.75, 3.05) is 0 Å². The second kappa shape index (κ2) is 10.5. The van der Waals surface area contributed by atoms with E-state index in [4.69, 9.17) is 4.74 Å². The predicted molar refractivity (Wildman–Crippen MR) is 137 cm³/mol. The molecule has 5 nitrogen and oxygen atoms in total. The third-order valence-corrected chi connectivity index (χ3v) is 5.93. The first-order valence-corrected chi connectivity index (χ1v) is 12.2. The molecule has 0 saturated carbocycles. The molecule has 0 unspecified atom stereocenters. The van der Waals surface area contributed by atoms with E-state index in [9.17, 15) is 9.59 Å². The lowest BCUT2D eigenvalue weighted by atomic mass is 9.99. The van der Waals surface area contributed by atoms with Crippen LogP contribution >= 0.6 is 0 Å². The zero-order valence-corrected chi connectivity index (χ0v) is 21.5. The fraction of sp³-hybridized carbons (Fsp3) is 0.448. The highest BCUT2D eigenvalue weighted by Crippen LogP contribution is 2.30. The molecule has 1 fully saturated rings. The van der Waals surface area contributed by atoms with Gasteiger partial charge in [-0.2, -0.15) is 0 Å². The van der Waals surface area contributed by atoms with Crippen molar-refractivity contribution in [1.82, 2.24) is 9.80 Å². The summed E-state index contributed by atoms with van der Waals surface area (Å²) in [5.41, 5.74) is 3.36. The Morgan fingerprint density at radius 1 is 1.00 bits per heavy atom. The summed E-state index contributed by atoms with van der Waals surface area (Å²) in [6, 6.07) is 18.8. The smallest absolute Gasteiger partial charge is 0.417 e. The summed E-state index contributed by atoms with van der Waals surface area (Å²) in [7, 11) is 0. The summed E-state index contributed by atoms with van der Waals surface area (Å²) in [5.74, 6) is -0.258. The first kappa shape index (κ1) is 25.5. The number of rotatable bonds is 6. The molecule has 2 aromatic rings. The first-order valence-electron chi connectivity index (χ1n) is 12.2. The van der Waals surface area contributed by atoms with Crippen LogP contribution in [0.2, 0.25) is 0 Å². The predicted octanol–water partition coefficient (Wildman–Crippen LogP) is 6.43. The van der Waals surface area contributed by atoms with Gasteiger partial charge in [0.25, 0.3) is 5.91 Å². The summed E-state index contributed by atoms with van der Waals surface area (Å²) < 4.78 is 5.61.